The lowest BCUT2D eigenvalue weighted by atomic mass is 10.0. The topological polar surface area (TPSA) is 105 Å². The highest BCUT2D eigenvalue weighted by Crippen LogP contribution is 2.43. The fraction of sp³-hybridized carbons (Fsp3) is 0.814. The molecule has 398 valence electrons. The summed E-state index contributed by atoms with van der Waals surface area (Å²) >= 11 is 0. The van der Waals surface area contributed by atoms with Crippen LogP contribution in [-0.2, 0) is 18.4 Å². The van der Waals surface area contributed by atoms with E-state index in [0.717, 1.165) is 77.0 Å². The Bertz CT molecular complexity index is 1290. The number of nitrogens with zero attached hydrogens (tertiary/aromatic N) is 1. The van der Waals surface area contributed by atoms with Crippen LogP contribution in [0.5, 0.6) is 0 Å². The van der Waals surface area contributed by atoms with Gasteiger partial charge >= 0.3 is 7.82 Å². The number of nitrogens with one attached hydrogen (secondary N) is 1. The first-order valence-electron chi connectivity index (χ1n) is 28.7. The Morgan fingerprint density at radius 2 is 0.882 bits per heavy atom. The Hall–Kier alpha value is -1.80. The van der Waals surface area contributed by atoms with Gasteiger partial charge in [-0.25, -0.2) is 4.57 Å². The summed E-state index contributed by atoms with van der Waals surface area (Å²) < 4.78 is 23.7. The number of phosphoric ester groups is 1. The first-order valence-corrected chi connectivity index (χ1v) is 30.2. The lowest BCUT2D eigenvalue weighted by molar-refractivity contribution is -0.870. The predicted molar refractivity (Wildman–Crippen MR) is 295 cm³/mol. The van der Waals surface area contributed by atoms with Crippen molar-refractivity contribution >= 4 is 13.7 Å². The van der Waals surface area contributed by atoms with Gasteiger partial charge in [0.1, 0.15) is 13.2 Å². The summed E-state index contributed by atoms with van der Waals surface area (Å²) in [4.78, 5) is 23.3. The van der Waals surface area contributed by atoms with E-state index in [1.54, 1.807) is 6.08 Å². The van der Waals surface area contributed by atoms with Crippen LogP contribution in [0.15, 0.2) is 60.8 Å². The lowest BCUT2D eigenvalue weighted by Crippen LogP contribution is -2.45. The van der Waals surface area contributed by atoms with Gasteiger partial charge < -0.3 is 19.8 Å². The number of amides is 1. The monoisotopic (exact) mass is 976 g/mol. The van der Waals surface area contributed by atoms with Crippen molar-refractivity contribution in [2.75, 3.05) is 40.9 Å². The number of quaternary nitrogens is 1. The summed E-state index contributed by atoms with van der Waals surface area (Å²) in [6, 6.07) is -0.858. The number of phosphoric acid groups is 1. The quantitative estimate of drug-likeness (QED) is 0.0243. The number of hydrogen-bond donors (Lipinski definition) is 3. The standard InChI is InChI=1S/C59H111N2O6P/c1-6-8-10-12-14-16-18-20-22-24-26-27-28-29-30-31-32-33-35-36-38-40-42-44-46-48-50-52-58(62)57(56-67-68(64,65)66-55-54-61(3,4)5)60-59(63)53-51-49-47-45-43-41-39-37-34-25-23-21-19-17-15-13-11-9-7-2/h9,11,15,17,21,23,34,37,50,52,57-58,62H,6-8,10,12-14,16,18-20,22,24-33,35-36,38-49,51,53-56H2,1-5H3,(H-,60,63,64,65)/p+1/b11-9-,17-15-,23-21-,37-34-,52-50+. The van der Waals surface area contributed by atoms with Crippen LogP contribution in [0.4, 0.5) is 0 Å². The summed E-state index contributed by atoms with van der Waals surface area (Å²) in [6.45, 7) is 4.71. The van der Waals surface area contributed by atoms with Gasteiger partial charge in [-0.1, -0.05) is 254 Å². The summed E-state index contributed by atoms with van der Waals surface area (Å²) in [7, 11) is 1.56. The normalized spacial score (nSPS) is 14.4. The molecule has 0 fully saturated rings. The molecule has 0 spiro atoms. The number of carbonyl (C=O) groups is 1. The van der Waals surface area contributed by atoms with Crippen molar-refractivity contribution in [3.8, 4) is 0 Å². The highest BCUT2D eigenvalue weighted by molar-refractivity contribution is 7.47. The van der Waals surface area contributed by atoms with Crippen LogP contribution in [-0.4, -0.2) is 73.4 Å². The smallest absolute Gasteiger partial charge is 0.387 e. The van der Waals surface area contributed by atoms with Gasteiger partial charge in [-0.15, -0.1) is 0 Å². The fourth-order valence-corrected chi connectivity index (χ4v) is 9.01. The van der Waals surface area contributed by atoms with Crippen molar-refractivity contribution in [3.05, 3.63) is 60.8 Å². The third-order valence-electron chi connectivity index (χ3n) is 12.7. The van der Waals surface area contributed by atoms with Crippen LogP contribution in [0.2, 0.25) is 0 Å². The van der Waals surface area contributed by atoms with Gasteiger partial charge in [0, 0.05) is 6.42 Å². The van der Waals surface area contributed by atoms with Gasteiger partial charge in [0.25, 0.3) is 0 Å². The van der Waals surface area contributed by atoms with E-state index >= 15 is 0 Å². The van der Waals surface area contributed by atoms with Crippen LogP contribution >= 0.6 is 7.82 Å². The molecular weight excluding hydrogens is 864 g/mol. The summed E-state index contributed by atoms with van der Waals surface area (Å²) in [6.07, 6.45) is 67.5. The van der Waals surface area contributed by atoms with Crippen LogP contribution in [0.1, 0.15) is 258 Å². The molecule has 0 aliphatic carbocycles. The molecule has 0 bridgehead atoms. The number of rotatable bonds is 52. The predicted octanol–water partition coefficient (Wildman–Crippen LogP) is 17.3. The zero-order valence-electron chi connectivity index (χ0n) is 45.3. The second-order valence-corrected chi connectivity index (χ2v) is 22.1. The third kappa shape index (κ3) is 52.0. The molecule has 68 heavy (non-hydrogen) atoms. The minimum atomic E-state index is -4.35. The molecular formula is C59H112N2O6P+. The van der Waals surface area contributed by atoms with Crippen molar-refractivity contribution < 1.29 is 32.9 Å². The second-order valence-electron chi connectivity index (χ2n) is 20.6. The van der Waals surface area contributed by atoms with Crippen LogP contribution in [0.25, 0.3) is 0 Å². The lowest BCUT2D eigenvalue weighted by Gasteiger charge is -2.25. The maximum Gasteiger partial charge on any atom is 0.472 e. The molecule has 0 heterocycles. The second kappa shape index (κ2) is 50.2. The van der Waals surface area contributed by atoms with Crippen molar-refractivity contribution in [2.24, 2.45) is 0 Å². The van der Waals surface area contributed by atoms with Gasteiger partial charge in [0.05, 0.1) is 39.9 Å². The Morgan fingerprint density at radius 1 is 0.515 bits per heavy atom. The molecule has 9 heteroatoms. The average molecular weight is 977 g/mol. The molecule has 3 unspecified atom stereocenters. The van der Waals surface area contributed by atoms with E-state index in [2.05, 4.69) is 67.8 Å². The minimum Gasteiger partial charge on any atom is -0.387 e. The molecule has 0 radical (unpaired) electrons. The molecule has 1 amide bonds. The zero-order valence-corrected chi connectivity index (χ0v) is 46.2. The molecule has 0 aromatic heterocycles. The van der Waals surface area contributed by atoms with Crippen LogP contribution in [0.3, 0.4) is 0 Å². The number of carbonyl (C=O) groups excluding carboxylic acids is 1. The molecule has 0 rings (SSSR count). The maximum absolute atomic E-state index is 13.0. The van der Waals surface area contributed by atoms with Gasteiger partial charge in [-0.2, -0.15) is 0 Å². The maximum atomic E-state index is 13.0. The largest absolute Gasteiger partial charge is 0.472 e. The van der Waals surface area contributed by atoms with E-state index in [1.807, 2.05) is 27.2 Å². The highest BCUT2D eigenvalue weighted by atomic mass is 31.2. The van der Waals surface area contributed by atoms with E-state index in [0.29, 0.717) is 17.4 Å². The molecule has 0 aromatic carbocycles. The van der Waals surface area contributed by atoms with Gasteiger partial charge in [0.15, 0.2) is 0 Å². The van der Waals surface area contributed by atoms with Crippen molar-refractivity contribution in [2.45, 2.75) is 270 Å². The Kier molecular flexibility index (Phi) is 48.8. The number of hydrogen-bond acceptors (Lipinski definition) is 5. The number of unbranched alkanes of at least 4 members (excludes halogenated alkanes) is 31. The molecule has 0 aliphatic heterocycles. The Balaban J connectivity index is 4.22. The molecule has 0 aliphatic rings. The summed E-state index contributed by atoms with van der Waals surface area (Å²) in [5.74, 6) is -0.190. The highest BCUT2D eigenvalue weighted by Gasteiger charge is 2.27. The fourth-order valence-electron chi connectivity index (χ4n) is 8.27. The minimum absolute atomic E-state index is 0.0564. The SMILES string of the molecule is CC/C=C\C/C=C\C/C=C\C/C=C\CCCCCCCCC(=O)NC(COP(=O)(O)OCC[N+](C)(C)C)C(O)/C=C/CCCCCCCCCCCCCCCCCCCCCCCCCCC. The van der Waals surface area contributed by atoms with Crippen molar-refractivity contribution in [1.29, 1.82) is 0 Å². The molecule has 0 saturated heterocycles. The number of aliphatic hydroxyl groups is 1. The van der Waals surface area contributed by atoms with Gasteiger partial charge in [-0.05, 0) is 57.8 Å². The van der Waals surface area contributed by atoms with Crippen molar-refractivity contribution in [3.63, 3.8) is 0 Å². The summed E-state index contributed by atoms with van der Waals surface area (Å²) in [5, 5.41) is 13.9. The molecule has 3 N–H and O–H groups in total. The zero-order chi connectivity index (χ0) is 49.9. The van der Waals surface area contributed by atoms with Gasteiger partial charge in [-0.3, -0.25) is 13.8 Å². The van der Waals surface area contributed by atoms with E-state index in [4.69, 9.17) is 9.05 Å². The molecule has 3 atom stereocenters. The number of allylic oxidation sites excluding steroid dienone is 9. The number of likely N-dealkylation sites (N-methyl/N-ethyl adjacent to an activating group) is 1. The Morgan fingerprint density at radius 3 is 1.29 bits per heavy atom. The Labute approximate surface area is 422 Å². The first kappa shape index (κ1) is 66.2. The van der Waals surface area contributed by atoms with E-state index < -0.39 is 20.0 Å². The van der Waals surface area contributed by atoms with E-state index in [1.165, 1.54) is 161 Å². The van der Waals surface area contributed by atoms with Crippen molar-refractivity contribution in [1.82, 2.24) is 5.32 Å². The van der Waals surface area contributed by atoms with Crippen LogP contribution < -0.4 is 5.32 Å². The molecule has 0 aromatic rings. The summed E-state index contributed by atoms with van der Waals surface area (Å²) in [5.41, 5.74) is 0. The third-order valence-corrected chi connectivity index (χ3v) is 13.7. The first-order chi connectivity index (χ1) is 33.0. The molecule has 8 nitrogen and oxygen atoms in total. The van der Waals surface area contributed by atoms with Crippen LogP contribution in [0, 0.1) is 0 Å². The van der Waals surface area contributed by atoms with Gasteiger partial charge in [0.2, 0.25) is 5.91 Å². The average Bonchev–Trinajstić information content (AvgIpc) is 3.30. The number of aliphatic hydroxyl groups excluding tert-OH is 1. The van der Waals surface area contributed by atoms with E-state index in [-0.39, 0.29) is 19.1 Å². The van der Waals surface area contributed by atoms with E-state index in [9.17, 15) is 19.4 Å². The molecule has 0 saturated carbocycles.